The third-order valence-electron chi connectivity index (χ3n) is 3.11. The largest absolute Gasteiger partial charge is 0.462 e. The van der Waals surface area contributed by atoms with E-state index >= 15 is 0 Å². The summed E-state index contributed by atoms with van der Waals surface area (Å²) in [6, 6.07) is 3.79. The van der Waals surface area contributed by atoms with E-state index in [4.69, 9.17) is 15.7 Å². The number of carbonyl (C=O) groups excluding carboxylic acids is 2. The zero-order chi connectivity index (χ0) is 21.0. The Morgan fingerprint density at radius 3 is 2.22 bits per heavy atom. The summed E-state index contributed by atoms with van der Waals surface area (Å²) in [4.78, 5) is 24.3. The van der Waals surface area contributed by atoms with Gasteiger partial charge in [0.05, 0.1) is 12.2 Å². The predicted octanol–water partition coefficient (Wildman–Crippen LogP) is 4.30. The topological polar surface area (TPSA) is 106 Å². The molecule has 27 heavy (non-hydrogen) atoms. The summed E-state index contributed by atoms with van der Waals surface area (Å²) in [6.45, 7) is 13.4. The second kappa shape index (κ2) is 12.2. The zero-order valence-corrected chi connectivity index (χ0v) is 17.9. The Balaban J connectivity index is 0.000000574. The highest BCUT2D eigenvalue weighted by Gasteiger charge is 2.21. The van der Waals surface area contributed by atoms with E-state index < -0.39 is 11.7 Å². The normalized spacial score (nSPS) is 12.7. The van der Waals surface area contributed by atoms with Crippen LogP contribution in [0.4, 0.5) is 9.80 Å². The van der Waals surface area contributed by atoms with Crippen molar-refractivity contribution in [1.82, 2.24) is 0 Å². The van der Waals surface area contributed by atoms with Crippen molar-refractivity contribution in [3.63, 3.8) is 0 Å². The van der Waals surface area contributed by atoms with Gasteiger partial charge in [-0.25, -0.2) is 9.59 Å². The molecule has 152 valence electrons. The second-order valence-corrected chi connectivity index (χ2v) is 7.42. The first-order valence-corrected chi connectivity index (χ1v) is 9.94. The van der Waals surface area contributed by atoms with Gasteiger partial charge in [0.15, 0.2) is 0 Å². The Morgan fingerprint density at radius 2 is 1.85 bits per heavy atom. The first kappa shape index (κ1) is 24.7. The van der Waals surface area contributed by atoms with Crippen LogP contribution in [0.5, 0.6) is 0 Å². The second-order valence-electron chi connectivity index (χ2n) is 6.39. The molecule has 1 aromatic heterocycles. The minimum atomic E-state index is -0.725. The van der Waals surface area contributed by atoms with Crippen molar-refractivity contribution >= 4 is 28.4 Å². The molecule has 1 aliphatic heterocycles. The van der Waals surface area contributed by atoms with Crippen molar-refractivity contribution in [2.45, 2.75) is 60.0 Å². The number of rotatable bonds is 3. The maximum absolute atomic E-state index is 11.6. The molecule has 0 saturated carbocycles. The number of carbonyl (C=O) groups is 2. The van der Waals surface area contributed by atoms with Gasteiger partial charge in [0.25, 0.3) is 0 Å². The molecule has 2 rings (SSSR count). The molecule has 1 aromatic rings. The molecule has 0 aromatic carbocycles. The summed E-state index contributed by atoms with van der Waals surface area (Å²) in [5, 5.41) is 9.99. The highest BCUT2D eigenvalue weighted by atomic mass is 32.1. The SMILES string of the molecule is CC.CC(C)(C)OC(N)=O.CCOC(=O)c1cc(C#N)c(N2CCCC2)s1. The van der Waals surface area contributed by atoms with Gasteiger partial charge in [0.1, 0.15) is 21.5 Å². The predicted molar refractivity (Wildman–Crippen MR) is 108 cm³/mol. The number of hydrogen-bond acceptors (Lipinski definition) is 7. The lowest BCUT2D eigenvalue weighted by atomic mass is 10.2. The molecule has 0 aliphatic carbocycles. The lowest BCUT2D eigenvalue weighted by Gasteiger charge is -2.16. The van der Waals surface area contributed by atoms with E-state index in [1.165, 1.54) is 11.3 Å². The number of amides is 1. The van der Waals surface area contributed by atoms with Gasteiger partial charge in [-0.1, -0.05) is 13.8 Å². The van der Waals surface area contributed by atoms with Crippen LogP contribution in [-0.2, 0) is 9.47 Å². The minimum absolute atomic E-state index is 0.334. The molecule has 1 aliphatic rings. The van der Waals surface area contributed by atoms with Gasteiger partial charge in [-0.15, -0.1) is 11.3 Å². The summed E-state index contributed by atoms with van der Waals surface area (Å²) < 4.78 is 9.52. The molecule has 1 saturated heterocycles. The molecule has 7 nitrogen and oxygen atoms in total. The number of esters is 1. The summed E-state index contributed by atoms with van der Waals surface area (Å²) in [7, 11) is 0. The van der Waals surface area contributed by atoms with Crippen LogP contribution >= 0.6 is 11.3 Å². The van der Waals surface area contributed by atoms with Crippen LogP contribution in [0.15, 0.2) is 6.07 Å². The number of nitrogens with two attached hydrogens (primary N) is 1. The summed E-state index contributed by atoms with van der Waals surface area (Å²) >= 11 is 1.36. The molecular weight excluding hydrogens is 366 g/mol. The van der Waals surface area contributed by atoms with E-state index in [2.05, 4.69) is 15.7 Å². The van der Waals surface area contributed by atoms with Gasteiger partial charge in [0.2, 0.25) is 0 Å². The molecule has 2 heterocycles. The molecule has 8 heteroatoms. The monoisotopic (exact) mass is 397 g/mol. The van der Waals surface area contributed by atoms with Crippen LogP contribution in [0.3, 0.4) is 0 Å². The molecule has 0 spiro atoms. The minimum Gasteiger partial charge on any atom is -0.462 e. The number of primary amides is 1. The molecule has 0 bridgehead atoms. The van der Waals surface area contributed by atoms with Gasteiger partial charge in [-0.2, -0.15) is 5.26 Å². The van der Waals surface area contributed by atoms with E-state index in [9.17, 15) is 9.59 Å². The molecule has 1 fully saturated rings. The van der Waals surface area contributed by atoms with E-state index in [1.54, 1.807) is 33.8 Å². The highest BCUT2D eigenvalue weighted by molar-refractivity contribution is 7.18. The van der Waals surface area contributed by atoms with E-state index in [0.29, 0.717) is 17.0 Å². The fourth-order valence-electron chi connectivity index (χ4n) is 2.22. The smallest absolute Gasteiger partial charge is 0.405 e. The Hall–Kier alpha value is -2.27. The van der Waals surface area contributed by atoms with Crippen molar-refractivity contribution in [2.24, 2.45) is 5.73 Å². The van der Waals surface area contributed by atoms with Gasteiger partial charge < -0.3 is 20.1 Å². The number of nitrogens with zero attached hydrogens (tertiary/aromatic N) is 2. The number of thiophene rings is 1. The fourth-order valence-corrected chi connectivity index (χ4v) is 3.27. The summed E-state index contributed by atoms with van der Waals surface area (Å²) in [6.07, 6.45) is 1.58. The first-order chi connectivity index (χ1) is 12.7. The maximum atomic E-state index is 11.6. The van der Waals surface area contributed by atoms with Crippen LogP contribution in [-0.4, -0.2) is 37.4 Å². The first-order valence-electron chi connectivity index (χ1n) is 9.12. The van der Waals surface area contributed by atoms with Gasteiger partial charge in [0, 0.05) is 13.1 Å². The maximum Gasteiger partial charge on any atom is 0.405 e. The van der Waals surface area contributed by atoms with Gasteiger partial charge >= 0.3 is 12.1 Å². The number of hydrogen-bond donors (Lipinski definition) is 1. The average molecular weight is 398 g/mol. The van der Waals surface area contributed by atoms with Crippen LogP contribution in [0.2, 0.25) is 0 Å². The van der Waals surface area contributed by atoms with E-state index in [1.807, 2.05) is 13.8 Å². The molecule has 1 amide bonds. The Bertz CT molecular complexity index is 638. The molecule has 0 radical (unpaired) electrons. The van der Waals surface area contributed by atoms with Crippen molar-refractivity contribution in [1.29, 1.82) is 5.26 Å². The van der Waals surface area contributed by atoms with Crippen LogP contribution in [0.25, 0.3) is 0 Å². The zero-order valence-electron chi connectivity index (χ0n) is 17.1. The van der Waals surface area contributed by atoms with Crippen LogP contribution in [0, 0.1) is 11.3 Å². The highest BCUT2D eigenvalue weighted by Crippen LogP contribution is 2.33. The Morgan fingerprint density at radius 1 is 1.30 bits per heavy atom. The lowest BCUT2D eigenvalue weighted by molar-refractivity contribution is 0.0530. The lowest BCUT2D eigenvalue weighted by Crippen LogP contribution is -2.27. The number of ether oxygens (including phenoxy) is 2. The van der Waals surface area contributed by atoms with Crippen molar-refractivity contribution in [3.05, 3.63) is 16.5 Å². The number of nitriles is 1. The number of anilines is 1. The van der Waals surface area contributed by atoms with E-state index in [0.717, 1.165) is 30.9 Å². The van der Waals surface area contributed by atoms with Crippen molar-refractivity contribution in [3.8, 4) is 6.07 Å². The molecule has 2 N–H and O–H groups in total. The molecular formula is C19H31N3O4S. The molecule has 0 unspecified atom stereocenters. The summed E-state index contributed by atoms with van der Waals surface area (Å²) in [5.74, 6) is -0.334. The van der Waals surface area contributed by atoms with Gasteiger partial charge in [-0.05, 0) is 46.6 Å². The van der Waals surface area contributed by atoms with Crippen LogP contribution < -0.4 is 10.6 Å². The van der Waals surface area contributed by atoms with E-state index in [-0.39, 0.29) is 5.97 Å². The quantitative estimate of drug-likeness (QED) is 0.762. The van der Waals surface area contributed by atoms with Gasteiger partial charge in [-0.3, -0.25) is 0 Å². The van der Waals surface area contributed by atoms with Crippen molar-refractivity contribution < 1.29 is 19.1 Å². The van der Waals surface area contributed by atoms with Crippen molar-refractivity contribution in [2.75, 3.05) is 24.6 Å². The summed E-state index contributed by atoms with van der Waals surface area (Å²) in [5.41, 5.74) is 4.85. The Labute approximate surface area is 166 Å². The third-order valence-corrected chi connectivity index (χ3v) is 4.29. The molecule has 0 atom stereocenters. The fraction of sp³-hybridized carbons (Fsp3) is 0.632. The Kier molecular flexibility index (Phi) is 11.2. The third kappa shape index (κ3) is 9.29. The van der Waals surface area contributed by atoms with Crippen LogP contribution in [0.1, 0.15) is 69.6 Å². The standard InChI is InChI=1S/C12H14N2O2S.C5H11NO2.C2H6/c1-2-16-12(15)10-7-9(8-13)11(17-10)14-5-3-4-6-14;1-5(2,3)8-4(6)7;1-2/h7H,2-6H2,1H3;1-3H3,(H2,6,7);1-2H3. The average Bonchev–Trinajstić information content (AvgIpc) is 3.24.